The van der Waals surface area contributed by atoms with E-state index in [0.717, 1.165) is 6.54 Å². The highest BCUT2D eigenvalue weighted by Gasteiger charge is 2.12. The van der Waals surface area contributed by atoms with Crippen LogP contribution < -0.4 is 10.6 Å². The lowest BCUT2D eigenvalue weighted by atomic mass is 10.2. The molecule has 1 fully saturated rings. The largest absolute Gasteiger partial charge is 0.450 e. The van der Waals surface area contributed by atoms with E-state index in [1.165, 1.54) is 24.3 Å². The zero-order valence-electron chi connectivity index (χ0n) is 9.25. The maximum absolute atomic E-state index is 10.9. The lowest BCUT2D eigenvalue weighted by molar-refractivity contribution is 0.152. The number of hydrogen-bond donors (Lipinski definition) is 2. The number of carbonyl (C=O) groups is 1. The Morgan fingerprint density at radius 1 is 1.53 bits per heavy atom. The van der Waals surface area contributed by atoms with E-state index in [4.69, 9.17) is 4.74 Å². The average Bonchev–Trinajstić information content (AvgIpc) is 2.26. The Kier molecular flexibility index (Phi) is 6.59. The minimum atomic E-state index is -0.322. The molecule has 0 aromatic heterocycles. The number of ether oxygens (including phenoxy) is 1. The van der Waals surface area contributed by atoms with Gasteiger partial charge in [0.15, 0.2) is 0 Å². The molecule has 0 aliphatic carbocycles. The van der Waals surface area contributed by atoms with Crippen LogP contribution in [0.1, 0.15) is 19.8 Å². The van der Waals surface area contributed by atoms with Gasteiger partial charge >= 0.3 is 6.09 Å². The Hall–Kier alpha value is -0.420. The third-order valence-electron chi connectivity index (χ3n) is 2.26. The average molecular weight is 232 g/mol. The molecule has 1 aliphatic heterocycles. The van der Waals surface area contributed by atoms with Gasteiger partial charge in [-0.2, -0.15) is 11.8 Å². The molecule has 1 unspecified atom stereocenters. The summed E-state index contributed by atoms with van der Waals surface area (Å²) in [5, 5.41) is 6.12. The summed E-state index contributed by atoms with van der Waals surface area (Å²) in [6, 6.07) is 0.618. The van der Waals surface area contributed by atoms with Crippen LogP contribution in [0.25, 0.3) is 0 Å². The molecule has 1 rings (SSSR count). The van der Waals surface area contributed by atoms with Crippen LogP contribution in [-0.2, 0) is 4.74 Å². The number of nitrogens with one attached hydrogen (secondary N) is 2. The minimum Gasteiger partial charge on any atom is -0.450 e. The molecule has 2 N–H and O–H groups in total. The summed E-state index contributed by atoms with van der Waals surface area (Å²) >= 11 is 2.00. The van der Waals surface area contributed by atoms with Crippen molar-refractivity contribution in [1.82, 2.24) is 10.6 Å². The van der Waals surface area contributed by atoms with Gasteiger partial charge in [-0.15, -0.1) is 0 Å². The molecule has 0 aromatic carbocycles. The summed E-state index contributed by atoms with van der Waals surface area (Å²) in [4.78, 5) is 10.9. The summed E-state index contributed by atoms with van der Waals surface area (Å²) in [5.41, 5.74) is 0. The number of hydrogen-bond acceptors (Lipinski definition) is 4. The summed E-state index contributed by atoms with van der Waals surface area (Å²) < 4.78 is 4.75. The standard InChI is InChI=1S/C10H20N2O2S/c1-2-14-10(13)12-6-5-11-9-4-3-7-15-8-9/h9,11H,2-8H2,1H3,(H,12,13). The molecule has 88 valence electrons. The maximum Gasteiger partial charge on any atom is 0.407 e. The van der Waals surface area contributed by atoms with Crippen molar-refractivity contribution in [2.24, 2.45) is 0 Å². The number of thioether (sulfide) groups is 1. The molecule has 1 aliphatic rings. The van der Waals surface area contributed by atoms with Crippen LogP contribution >= 0.6 is 11.8 Å². The van der Waals surface area contributed by atoms with Crippen molar-refractivity contribution in [3.05, 3.63) is 0 Å². The smallest absolute Gasteiger partial charge is 0.407 e. The number of alkyl carbamates (subject to hydrolysis) is 1. The summed E-state index contributed by atoms with van der Waals surface area (Å²) in [5.74, 6) is 2.48. The SMILES string of the molecule is CCOC(=O)NCCNC1CCCSC1. The first kappa shape index (κ1) is 12.6. The van der Waals surface area contributed by atoms with Gasteiger partial charge in [-0.3, -0.25) is 0 Å². The minimum absolute atomic E-state index is 0.322. The van der Waals surface area contributed by atoms with Crippen molar-refractivity contribution in [3.8, 4) is 0 Å². The molecule has 4 nitrogen and oxygen atoms in total. The summed E-state index contributed by atoms with van der Waals surface area (Å²) in [6.45, 7) is 3.69. The van der Waals surface area contributed by atoms with Gasteiger partial charge in [0.1, 0.15) is 0 Å². The van der Waals surface area contributed by atoms with Crippen LogP contribution in [0.15, 0.2) is 0 Å². The van der Waals surface area contributed by atoms with Gasteiger partial charge < -0.3 is 15.4 Å². The highest BCUT2D eigenvalue weighted by atomic mass is 32.2. The Morgan fingerprint density at radius 2 is 2.40 bits per heavy atom. The second-order valence-electron chi connectivity index (χ2n) is 3.52. The van der Waals surface area contributed by atoms with E-state index in [1.807, 2.05) is 11.8 Å². The molecular formula is C10H20N2O2S. The Labute approximate surface area is 95.5 Å². The van der Waals surface area contributed by atoms with Gasteiger partial charge in [0.05, 0.1) is 6.61 Å². The van der Waals surface area contributed by atoms with Crippen molar-refractivity contribution in [3.63, 3.8) is 0 Å². The predicted octanol–water partition coefficient (Wildman–Crippen LogP) is 1.22. The Balaban J connectivity index is 1.93. The Bertz CT molecular complexity index is 184. The third-order valence-corrected chi connectivity index (χ3v) is 3.48. The Morgan fingerprint density at radius 3 is 3.07 bits per heavy atom. The van der Waals surface area contributed by atoms with Gasteiger partial charge in [0.2, 0.25) is 0 Å². The quantitative estimate of drug-likeness (QED) is 0.700. The summed E-state index contributed by atoms with van der Waals surface area (Å²) in [6.07, 6.45) is 2.23. The van der Waals surface area contributed by atoms with Gasteiger partial charge in [-0.05, 0) is 25.5 Å². The molecule has 15 heavy (non-hydrogen) atoms. The zero-order chi connectivity index (χ0) is 10.9. The van der Waals surface area contributed by atoms with Gasteiger partial charge in [0, 0.05) is 24.9 Å². The number of amides is 1. The molecule has 1 amide bonds. The van der Waals surface area contributed by atoms with Crippen LogP contribution in [0.3, 0.4) is 0 Å². The van der Waals surface area contributed by atoms with Gasteiger partial charge in [0.25, 0.3) is 0 Å². The molecule has 0 bridgehead atoms. The van der Waals surface area contributed by atoms with E-state index < -0.39 is 0 Å². The van der Waals surface area contributed by atoms with E-state index in [9.17, 15) is 4.79 Å². The maximum atomic E-state index is 10.9. The number of rotatable bonds is 5. The first-order chi connectivity index (χ1) is 7.33. The zero-order valence-corrected chi connectivity index (χ0v) is 10.1. The topological polar surface area (TPSA) is 50.4 Å². The molecule has 0 radical (unpaired) electrons. The van der Waals surface area contributed by atoms with Crippen LogP contribution in [0.2, 0.25) is 0 Å². The molecule has 5 heteroatoms. The molecular weight excluding hydrogens is 212 g/mol. The second-order valence-corrected chi connectivity index (χ2v) is 4.67. The molecule has 0 aromatic rings. The van der Waals surface area contributed by atoms with E-state index in [0.29, 0.717) is 19.2 Å². The fourth-order valence-electron chi connectivity index (χ4n) is 1.52. The van der Waals surface area contributed by atoms with Crippen molar-refractivity contribution in [2.45, 2.75) is 25.8 Å². The molecule has 1 saturated heterocycles. The van der Waals surface area contributed by atoms with E-state index in [1.54, 1.807) is 6.92 Å². The third kappa shape index (κ3) is 5.89. The fourth-order valence-corrected chi connectivity index (χ4v) is 2.63. The van der Waals surface area contributed by atoms with Crippen LogP contribution in [0.4, 0.5) is 4.79 Å². The first-order valence-corrected chi connectivity index (χ1v) is 6.70. The van der Waals surface area contributed by atoms with Gasteiger partial charge in [-0.1, -0.05) is 0 Å². The van der Waals surface area contributed by atoms with Crippen molar-refractivity contribution < 1.29 is 9.53 Å². The highest BCUT2D eigenvalue weighted by molar-refractivity contribution is 7.99. The lowest BCUT2D eigenvalue weighted by Crippen LogP contribution is -2.39. The van der Waals surface area contributed by atoms with E-state index >= 15 is 0 Å². The van der Waals surface area contributed by atoms with E-state index in [2.05, 4.69) is 10.6 Å². The fraction of sp³-hybridized carbons (Fsp3) is 0.900. The normalized spacial score (nSPS) is 21.0. The first-order valence-electron chi connectivity index (χ1n) is 5.54. The molecule has 1 atom stereocenters. The summed E-state index contributed by atoms with van der Waals surface area (Å²) in [7, 11) is 0. The number of carbonyl (C=O) groups excluding carboxylic acids is 1. The molecule has 0 saturated carbocycles. The predicted molar refractivity (Wildman–Crippen MR) is 63.4 cm³/mol. The van der Waals surface area contributed by atoms with Crippen LogP contribution in [0, 0.1) is 0 Å². The highest BCUT2D eigenvalue weighted by Crippen LogP contribution is 2.16. The van der Waals surface area contributed by atoms with Crippen molar-refractivity contribution in [2.75, 3.05) is 31.2 Å². The molecule has 1 heterocycles. The van der Waals surface area contributed by atoms with Gasteiger partial charge in [-0.25, -0.2) is 4.79 Å². The second kappa shape index (κ2) is 7.82. The molecule has 0 spiro atoms. The van der Waals surface area contributed by atoms with Crippen LogP contribution in [0.5, 0.6) is 0 Å². The van der Waals surface area contributed by atoms with E-state index in [-0.39, 0.29) is 6.09 Å². The van der Waals surface area contributed by atoms with Crippen LogP contribution in [-0.4, -0.2) is 43.3 Å². The lowest BCUT2D eigenvalue weighted by Gasteiger charge is -2.22. The monoisotopic (exact) mass is 232 g/mol. The van der Waals surface area contributed by atoms with Crippen molar-refractivity contribution >= 4 is 17.9 Å². The van der Waals surface area contributed by atoms with Crippen molar-refractivity contribution in [1.29, 1.82) is 0 Å².